The van der Waals surface area contributed by atoms with Crippen LogP contribution in [0.1, 0.15) is 33.6 Å². The van der Waals surface area contributed by atoms with Crippen molar-refractivity contribution >= 4 is 6.09 Å². The fraction of sp³-hybridized carbons (Fsp3) is 0.692. The molecular weight excluding hydrogens is 246 g/mol. The third-order valence-corrected chi connectivity index (χ3v) is 2.93. The summed E-state index contributed by atoms with van der Waals surface area (Å²) in [5, 5.41) is 18.4. The number of nitriles is 1. The van der Waals surface area contributed by atoms with Crippen LogP contribution in [0.2, 0.25) is 0 Å². The zero-order valence-corrected chi connectivity index (χ0v) is 11.6. The summed E-state index contributed by atoms with van der Waals surface area (Å²) in [6.45, 7) is 6.43. The molecule has 0 spiro atoms. The van der Waals surface area contributed by atoms with Crippen LogP contribution in [0.3, 0.4) is 0 Å². The van der Waals surface area contributed by atoms with Gasteiger partial charge in [0, 0.05) is 19.0 Å². The number of amides is 1. The van der Waals surface area contributed by atoms with E-state index in [9.17, 15) is 9.90 Å². The first-order valence-electron chi connectivity index (χ1n) is 6.31. The predicted molar refractivity (Wildman–Crippen MR) is 70.0 cm³/mol. The summed E-state index contributed by atoms with van der Waals surface area (Å²) in [5.74, 6) is -0.218. The molecular formula is C13H21N3O3. The Balaban J connectivity index is 2.55. The fourth-order valence-corrected chi connectivity index (χ4v) is 1.94. The van der Waals surface area contributed by atoms with Crippen LogP contribution in [0.15, 0.2) is 11.5 Å². The largest absolute Gasteiger partial charge is 0.509 e. The van der Waals surface area contributed by atoms with Crippen LogP contribution in [-0.2, 0) is 4.74 Å². The van der Waals surface area contributed by atoms with Crippen molar-refractivity contribution in [3.8, 4) is 6.07 Å². The number of ether oxygens (including phenoxy) is 1. The summed E-state index contributed by atoms with van der Waals surface area (Å²) in [5.41, 5.74) is 4.73. The second-order valence-electron chi connectivity index (χ2n) is 5.65. The molecule has 1 amide bonds. The van der Waals surface area contributed by atoms with E-state index in [1.54, 1.807) is 11.0 Å². The number of nitrogens with zero attached hydrogens (tertiary/aromatic N) is 2. The van der Waals surface area contributed by atoms with Gasteiger partial charge in [0.1, 0.15) is 23.1 Å². The number of piperidine rings is 1. The van der Waals surface area contributed by atoms with Crippen molar-refractivity contribution in [2.45, 2.75) is 39.2 Å². The van der Waals surface area contributed by atoms with Crippen LogP contribution >= 0.6 is 0 Å². The molecule has 0 aromatic carbocycles. The normalized spacial score (nSPS) is 18.5. The van der Waals surface area contributed by atoms with Gasteiger partial charge in [-0.05, 0) is 33.6 Å². The summed E-state index contributed by atoms with van der Waals surface area (Å²) in [6, 6.07) is 1.73. The lowest BCUT2D eigenvalue weighted by Gasteiger charge is -2.33. The topological polar surface area (TPSA) is 99.6 Å². The zero-order chi connectivity index (χ0) is 14.6. The summed E-state index contributed by atoms with van der Waals surface area (Å²) in [7, 11) is 0. The molecule has 1 aliphatic heterocycles. The van der Waals surface area contributed by atoms with Crippen molar-refractivity contribution in [2.24, 2.45) is 11.7 Å². The van der Waals surface area contributed by atoms with E-state index in [0.29, 0.717) is 25.9 Å². The Morgan fingerprint density at radius 2 is 1.95 bits per heavy atom. The van der Waals surface area contributed by atoms with Crippen molar-refractivity contribution < 1.29 is 14.6 Å². The highest BCUT2D eigenvalue weighted by Crippen LogP contribution is 2.25. The van der Waals surface area contributed by atoms with Crippen LogP contribution < -0.4 is 5.73 Å². The SMILES string of the molecule is CC(C)(C)OC(=O)N1CCC(/C(O)=C(\N)C#N)CC1. The Morgan fingerprint density at radius 3 is 2.37 bits per heavy atom. The Labute approximate surface area is 113 Å². The molecule has 19 heavy (non-hydrogen) atoms. The summed E-state index contributed by atoms with van der Waals surface area (Å²) in [4.78, 5) is 13.4. The maximum Gasteiger partial charge on any atom is 0.410 e. The van der Waals surface area contributed by atoms with Crippen LogP contribution in [0.25, 0.3) is 0 Å². The number of hydrogen-bond donors (Lipinski definition) is 2. The second-order valence-corrected chi connectivity index (χ2v) is 5.65. The molecule has 1 aliphatic rings. The van der Waals surface area contributed by atoms with E-state index in [1.165, 1.54) is 0 Å². The number of allylic oxidation sites excluding steroid dienone is 2. The van der Waals surface area contributed by atoms with Crippen molar-refractivity contribution in [2.75, 3.05) is 13.1 Å². The monoisotopic (exact) mass is 267 g/mol. The van der Waals surface area contributed by atoms with Gasteiger partial charge in [-0.2, -0.15) is 5.26 Å². The highest BCUT2D eigenvalue weighted by molar-refractivity contribution is 5.68. The quantitative estimate of drug-likeness (QED) is 0.558. The molecule has 0 atom stereocenters. The first kappa shape index (κ1) is 15.2. The molecule has 0 aromatic rings. The van der Waals surface area contributed by atoms with Gasteiger partial charge >= 0.3 is 6.09 Å². The number of carbonyl (C=O) groups excluding carboxylic acids is 1. The zero-order valence-electron chi connectivity index (χ0n) is 11.6. The number of aliphatic hydroxyl groups is 1. The number of nitrogens with two attached hydrogens (primary N) is 1. The average molecular weight is 267 g/mol. The van der Waals surface area contributed by atoms with Gasteiger partial charge in [-0.15, -0.1) is 0 Å². The second kappa shape index (κ2) is 5.83. The number of aliphatic hydroxyl groups excluding tert-OH is 1. The molecule has 0 aliphatic carbocycles. The summed E-state index contributed by atoms with van der Waals surface area (Å²) >= 11 is 0. The summed E-state index contributed by atoms with van der Waals surface area (Å²) in [6.07, 6.45) is 0.809. The number of rotatable bonds is 1. The molecule has 106 valence electrons. The molecule has 0 bridgehead atoms. The van der Waals surface area contributed by atoms with E-state index < -0.39 is 5.60 Å². The van der Waals surface area contributed by atoms with Crippen molar-refractivity contribution in [3.05, 3.63) is 11.5 Å². The van der Waals surface area contributed by atoms with Crippen LogP contribution in [0.4, 0.5) is 4.79 Å². The number of carbonyl (C=O) groups is 1. The van der Waals surface area contributed by atoms with Gasteiger partial charge in [-0.25, -0.2) is 4.79 Å². The van der Waals surface area contributed by atoms with E-state index in [2.05, 4.69) is 0 Å². The highest BCUT2D eigenvalue weighted by atomic mass is 16.6. The molecule has 0 saturated carbocycles. The molecule has 0 aromatic heterocycles. The van der Waals surface area contributed by atoms with Gasteiger partial charge in [0.05, 0.1) is 0 Å². The van der Waals surface area contributed by atoms with E-state index in [1.807, 2.05) is 20.8 Å². The van der Waals surface area contributed by atoms with Gasteiger partial charge in [-0.3, -0.25) is 0 Å². The molecule has 3 N–H and O–H groups in total. The first-order valence-corrected chi connectivity index (χ1v) is 6.31. The molecule has 1 rings (SSSR count). The van der Waals surface area contributed by atoms with E-state index >= 15 is 0 Å². The molecule has 6 nitrogen and oxygen atoms in total. The maximum atomic E-state index is 11.8. The van der Waals surface area contributed by atoms with Crippen molar-refractivity contribution in [3.63, 3.8) is 0 Å². The first-order chi connectivity index (χ1) is 8.74. The van der Waals surface area contributed by atoms with Crippen LogP contribution in [0, 0.1) is 17.2 Å². The molecule has 1 saturated heterocycles. The third-order valence-electron chi connectivity index (χ3n) is 2.93. The van der Waals surface area contributed by atoms with Crippen LogP contribution in [0.5, 0.6) is 0 Å². The number of hydrogen-bond acceptors (Lipinski definition) is 5. The smallest absolute Gasteiger partial charge is 0.410 e. The maximum absolute atomic E-state index is 11.8. The average Bonchev–Trinajstić information content (AvgIpc) is 2.35. The standard InChI is InChI=1S/C13H21N3O3/c1-13(2,3)19-12(18)16-6-4-9(5-7-16)11(17)10(15)8-14/h9,17H,4-7,15H2,1-3H3/b11-10+. The number of likely N-dealkylation sites (tertiary alicyclic amines) is 1. The lowest BCUT2D eigenvalue weighted by molar-refractivity contribution is 0.0181. The van der Waals surface area contributed by atoms with Crippen molar-refractivity contribution in [1.29, 1.82) is 5.26 Å². The molecule has 0 radical (unpaired) electrons. The minimum atomic E-state index is -0.513. The lowest BCUT2D eigenvalue weighted by Crippen LogP contribution is -2.42. The summed E-state index contributed by atoms with van der Waals surface area (Å²) < 4.78 is 5.28. The van der Waals surface area contributed by atoms with Gasteiger partial charge in [0.25, 0.3) is 0 Å². The van der Waals surface area contributed by atoms with E-state index in [0.717, 1.165) is 0 Å². The van der Waals surface area contributed by atoms with Crippen LogP contribution in [-0.4, -0.2) is 34.8 Å². The molecule has 6 heteroatoms. The van der Waals surface area contributed by atoms with Gasteiger partial charge in [0.15, 0.2) is 0 Å². The Hall–Kier alpha value is -1.90. The van der Waals surface area contributed by atoms with Gasteiger partial charge < -0.3 is 20.5 Å². The minimum Gasteiger partial charge on any atom is -0.509 e. The molecule has 0 unspecified atom stereocenters. The van der Waals surface area contributed by atoms with Gasteiger partial charge in [0.2, 0.25) is 0 Å². The molecule has 1 fully saturated rings. The lowest BCUT2D eigenvalue weighted by atomic mass is 9.94. The van der Waals surface area contributed by atoms with E-state index in [4.69, 9.17) is 15.7 Å². The Morgan fingerprint density at radius 1 is 1.42 bits per heavy atom. The van der Waals surface area contributed by atoms with Crippen molar-refractivity contribution in [1.82, 2.24) is 4.90 Å². The van der Waals surface area contributed by atoms with E-state index in [-0.39, 0.29) is 23.5 Å². The molecule has 1 heterocycles. The Bertz CT molecular complexity index is 410. The third kappa shape index (κ3) is 4.36. The van der Waals surface area contributed by atoms with Gasteiger partial charge in [-0.1, -0.05) is 0 Å². The highest BCUT2D eigenvalue weighted by Gasteiger charge is 2.29. The fourth-order valence-electron chi connectivity index (χ4n) is 1.94. The minimum absolute atomic E-state index is 0.0636. The predicted octanol–water partition coefficient (Wildman–Crippen LogP) is 1.89. The Kier molecular flexibility index (Phi) is 4.65.